The molecule has 11 rings (SSSR count). The quantitative estimate of drug-likeness (QED) is 0.143. The van der Waals surface area contributed by atoms with Gasteiger partial charge in [0.15, 0.2) is 5.82 Å². The fourth-order valence-corrected chi connectivity index (χ4v) is 8.57. The van der Waals surface area contributed by atoms with Gasteiger partial charge in [-0.2, -0.15) is 0 Å². The van der Waals surface area contributed by atoms with Crippen molar-refractivity contribution < 1.29 is 0 Å². The Bertz CT molecular complexity index is 3480. The Balaban J connectivity index is 1.02. The first kappa shape index (κ1) is 37.8. The second kappa shape index (κ2) is 16.0. The van der Waals surface area contributed by atoms with E-state index in [2.05, 4.69) is 196 Å². The Morgan fingerprint density at radius 1 is 0.333 bits per heavy atom. The molecular weight excluding hydrogens is 767 g/mol. The summed E-state index contributed by atoms with van der Waals surface area (Å²) in [5, 5.41) is 3.26. The predicted molar refractivity (Wildman–Crippen MR) is 260 cm³/mol. The van der Waals surface area contributed by atoms with Gasteiger partial charge in [-0.15, -0.1) is 0 Å². The number of rotatable bonds is 8. The minimum Gasteiger partial charge on any atom is -0.256 e. The molecule has 4 aromatic heterocycles. The van der Waals surface area contributed by atoms with E-state index in [4.69, 9.17) is 24.9 Å². The third-order valence-corrected chi connectivity index (χ3v) is 11.8. The Hall–Kier alpha value is -8.15. The molecule has 0 amide bonds. The summed E-state index contributed by atoms with van der Waals surface area (Å²) < 4.78 is 0. The molecule has 5 nitrogen and oxygen atoms in total. The highest BCUT2D eigenvalue weighted by Crippen LogP contribution is 2.38. The number of hydrogen-bond acceptors (Lipinski definition) is 5. The molecule has 0 saturated carbocycles. The van der Waals surface area contributed by atoms with Crippen LogP contribution in [0.4, 0.5) is 0 Å². The smallest absolute Gasteiger partial charge is 0.160 e. The van der Waals surface area contributed by atoms with E-state index < -0.39 is 0 Å². The molecule has 0 aliphatic heterocycles. The molecule has 298 valence electrons. The molecule has 4 heterocycles. The van der Waals surface area contributed by atoms with E-state index >= 15 is 0 Å². The van der Waals surface area contributed by atoms with Crippen LogP contribution in [0.5, 0.6) is 0 Å². The average molecular weight is 808 g/mol. The van der Waals surface area contributed by atoms with E-state index in [1.165, 1.54) is 0 Å². The highest BCUT2D eigenvalue weighted by atomic mass is 14.9. The first-order valence-electron chi connectivity index (χ1n) is 21.4. The molecule has 7 aromatic carbocycles. The number of fused-ring (bicyclic) bond motifs is 4. The zero-order chi connectivity index (χ0) is 42.3. The first-order chi connectivity index (χ1) is 31.0. The fraction of sp³-hybridized carbons (Fsp3) is 0.0517. The van der Waals surface area contributed by atoms with Crippen molar-refractivity contribution in [3.8, 4) is 78.5 Å². The molecule has 5 heteroatoms. The lowest BCUT2D eigenvalue weighted by Crippen LogP contribution is -1.97. The number of pyridine rings is 3. The minimum atomic E-state index is 0.302. The van der Waals surface area contributed by atoms with Gasteiger partial charge in [0.1, 0.15) is 0 Å². The third kappa shape index (κ3) is 7.30. The molecule has 0 fully saturated rings. The second-order valence-corrected chi connectivity index (χ2v) is 16.3. The van der Waals surface area contributed by atoms with Crippen LogP contribution in [0.1, 0.15) is 25.5 Å². The summed E-state index contributed by atoms with van der Waals surface area (Å²) in [5.41, 5.74) is 17.1. The van der Waals surface area contributed by atoms with Crippen molar-refractivity contribution >= 4 is 32.7 Å². The molecule has 63 heavy (non-hydrogen) atoms. The number of aromatic nitrogens is 5. The zero-order valence-corrected chi connectivity index (χ0v) is 34.9. The van der Waals surface area contributed by atoms with Crippen molar-refractivity contribution in [3.63, 3.8) is 0 Å². The summed E-state index contributed by atoms with van der Waals surface area (Å²) in [6.45, 7) is 4.37. The van der Waals surface area contributed by atoms with Gasteiger partial charge in [-0.3, -0.25) is 9.97 Å². The lowest BCUT2D eigenvalue weighted by atomic mass is 9.94. The zero-order valence-electron chi connectivity index (χ0n) is 34.9. The van der Waals surface area contributed by atoms with Gasteiger partial charge >= 0.3 is 0 Å². The van der Waals surface area contributed by atoms with Crippen molar-refractivity contribution in [3.05, 3.63) is 212 Å². The van der Waals surface area contributed by atoms with E-state index in [1.54, 1.807) is 0 Å². The Morgan fingerprint density at radius 3 is 1.60 bits per heavy atom. The van der Waals surface area contributed by atoms with Crippen LogP contribution in [0.2, 0.25) is 0 Å². The highest BCUT2D eigenvalue weighted by molar-refractivity contribution is 6.09. The van der Waals surface area contributed by atoms with Crippen LogP contribution in [0.25, 0.3) is 111 Å². The van der Waals surface area contributed by atoms with E-state index in [9.17, 15) is 0 Å². The van der Waals surface area contributed by atoms with Gasteiger partial charge < -0.3 is 0 Å². The molecule has 11 aromatic rings. The summed E-state index contributed by atoms with van der Waals surface area (Å²) in [5.74, 6) is 0.964. The van der Waals surface area contributed by atoms with E-state index in [0.29, 0.717) is 11.7 Å². The van der Waals surface area contributed by atoms with Gasteiger partial charge in [-0.25, -0.2) is 15.0 Å². The molecule has 0 aliphatic carbocycles. The van der Waals surface area contributed by atoms with E-state index in [0.717, 1.165) is 111 Å². The van der Waals surface area contributed by atoms with Gasteiger partial charge in [0, 0.05) is 55.9 Å². The van der Waals surface area contributed by atoms with Gasteiger partial charge in [-0.05, 0) is 76.2 Å². The maximum absolute atomic E-state index is 5.30. The third-order valence-electron chi connectivity index (χ3n) is 11.8. The molecule has 0 spiro atoms. The average Bonchev–Trinajstić information content (AvgIpc) is 3.36. The maximum atomic E-state index is 5.30. The van der Waals surface area contributed by atoms with Crippen molar-refractivity contribution in [1.29, 1.82) is 0 Å². The van der Waals surface area contributed by atoms with Gasteiger partial charge in [0.05, 0.1) is 33.6 Å². The molecular formula is C58H41N5. The van der Waals surface area contributed by atoms with Crippen molar-refractivity contribution in [2.24, 2.45) is 0 Å². The molecule has 0 unspecified atom stereocenters. The Morgan fingerprint density at radius 2 is 0.873 bits per heavy atom. The summed E-state index contributed by atoms with van der Waals surface area (Å²) in [4.78, 5) is 25.7. The monoisotopic (exact) mass is 807 g/mol. The SMILES string of the molecule is CC(C)c1ccc2ccc3c(-c4cccc(-c5cccc(-c6nc(-c7ccccc7)cc(-c7cccc(-c8cccc9cccnc89)c7)n6)c5)c4)cc(-c4ccccc4)nc3c2n1. The lowest BCUT2D eigenvalue weighted by Gasteiger charge is -2.14. The van der Waals surface area contributed by atoms with Crippen LogP contribution in [-0.2, 0) is 0 Å². The summed E-state index contributed by atoms with van der Waals surface area (Å²) in [6.07, 6.45) is 1.85. The lowest BCUT2D eigenvalue weighted by molar-refractivity contribution is 0.830. The number of nitrogens with zero attached hydrogens (tertiary/aromatic N) is 5. The van der Waals surface area contributed by atoms with Crippen molar-refractivity contribution in [2.45, 2.75) is 19.8 Å². The Kier molecular flexibility index (Phi) is 9.63. The standard InChI is InChI=1S/C58H41N5/c1-37(2)51-30-28-41-27-29-49-50(35-52(38-14-5-3-6-15-38)61-57(49)56(41)60-51)45-22-9-19-42(32-45)43-20-10-24-47(33-43)58-62-53(39-16-7-4-8-17-39)36-54(63-58)46-23-11-21-44(34-46)48-26-12-18-40-25-13-31-59-55(40)48/h3-37H,1-2H3. The van der Waals surface area contributed by atoms with Gasteiger partial charge in [0.25, 0.3) is 0 Å². The molecule has 0 aliphatic rings. The topological polar surface area (TPSA) is 64.5 Å². The van der Waals surface area contributed by atoms with Crippen LogP contribution in [0.15, 0.2) is 206 Å². The molecule has 0 N–H and O–H groups in total. The normalized spacial score (nSPS) is 11.5. The molecule has 0 radical (unpaired) electrons. The van der Waals surface area contributed by atoms with Crippen molar-refractivity contribution in [1.82, 2.24) is 24.9 Å². The van der Waals surface area contributed by atoms with Crippen LogP contribution in [0, 0.1) is 0 Å². The summed E-state index contributed by atoms with van der Waals surface area (Å²) in [6, 6.07) is 70.1. The number of para-hydroxylation sites is 1. The molecule has 0 saturated heterocycles. The van der Waals surface area contributed by atoms with E-state index in [1.807, 2.05) is 24.4 Å². The minimum absolute atomic E-state index is 0.302. The molecule has 0 bridgehead atoms. The van der Waals surface area contributed by atoms with Crippen LogP contribution in [0.3, 0.4) is 0 Å². The van der Waals surface area contributed by atoms with E-state index in [-0.39, 0.29) is 0 Å². The Labute approximate surface area is 366 Å². The number of hydrogen-bond donors (Lipinski definition) is 0. The highest BCUT2D eigenvalue weighted by Gasteiger charge is 2.17. The van der Waals surface area contributed by atoms with Gasteiger partial charge in [-0.1, -0.05) is 172 Å². The second-order valence-electron chi connectivity index (χ2n) is 16.3. The summed E-state index contributed by atoms with van der Waals surface area (Å²) >= 11 is 0. The van der Waals surface area contributed by atoms with Crippen LogP contribution < -0.4 is 0 Å². The predicted octanol–water partition coefficient (Wildman–Crippen LogP) is 14.9. The van der Waals surface area contributed by atoms with Crippen LogP contribution >= 0.6 is 0 Å². The summed E-state index contributed by atoms with van der Waals surface area (Å²) in [7, 11) is 0. The maximum Gasteiger partial charge on any atom is 0.160 e. The largest absolute Gasteiger partial charge is 0.256 e. The van der Waals surface area contributed by atoms with Crippen LogP contribution in [-0.4, -0.2) is 24.9 Å². The molecule has 0 atom stereocenters. The fourth-order valence-electron chi connectivity index (χ4n) is 8.57. The van der Waals surface area contributed by atoms with Crippen molar-refractivity contribution in [2.75, 3.05) is 0 Å². The first-order valence-corrected chi connectivity index (χ1v) is 21.4. The number of benzene rings is 7. The van der Waals surface area contributed by atoms with Gasteiger partial charge in [0.2, 0.25) is 0 Å².